The van der Waals surface area contributed by atoms with Gasteiger partial charge in [0.2, 0.25) is 0 Å². The van der Waals surface area contributed by atoms with Crippen molar-refractivity contribution in [2.24, 2.45) is 5.92 Å². The van der Waals surface area contributed by atoms with Gasteiger partial charge in [0.1, 0.15) is 0 Å². The van der Waals surface area contributed by atoms with Crippen molar-refractivity contribution in [3.05, 3.63) is 0 Å². The molecule has 1 heteroatoms. The van der Waals surface area contributed by atoms with Crippen molar-refractivity contribution in [3.8, 4) is 0 Å². The molecule has 1 heterocycles. The fraction of sp³-hybridized carbons (Fsp3) is 1.00. The van der Waals surface area contributed by atoms with Gasteiger partial charge in [-0.3, -0.25) is 0 Å². The Hall–Kier alpha value is 0.350. The lowest BCUT2D eigenvalue weighted by atomic mass is 10.1. The van der Waals surface area contributed by atoms with E-state index in [2.05, 4.69) is 25.6 Å². The Morgan fingerprint density at radius 1 is 1.57 bits per heavy atom. The average molecular weight is 116 g/mol. The fourth-order valence-electron chi connectivity index (χ4n) is 0.780. The number of hydrogen-bond acceptors (Lipinski definition) is 1. The predicted molar refractivity (Wildman–Crippen MR) is 35.7 cm³/mol. The number of thioether (sulfide) groups is 1. The highest BCUT2D eigenvalue weighted by Crippen LogP contribution is 2.33. The predicted octanol–water partition coefficient (Wildman–Crippen LogP) is 2.15. The summed E-state index contributed by atoms with van der Waals surface area (Å²) in [4.78, 5) is 0. The summed E-state index contributed by atoms with van der Waals surface area (Å²) in [6.45, 7) is 4.60. The molecule has 1 rings (SSSR count). The molecule has 0 aromatic carbocycles. The molecule has 0 aromatic rings. The minimum Gasteiger partial charge on any atom is -0.158 e. The van der Waals surface area contributed by atoms with Crippen LogP contribution in [-0.4, -0.2) is 11.0 Å². The zero-order valence-corrected chi connectivity index (χ0v) is 5.79. The van der Waals surface area contributed by atoms with Crippen LogP contribution in [0.25, 0.3) is 0 Å². The van der Waals surface area contributed by atoms with E-state index >= 15 is 0 Å². The molecule has 0 amide bonds. The quantitative estimate of drug-likeness (QED) is 0.506. The number of hydrogen-bond donors (Lipinski definition) is 0. The molecular formula is C6H12S. The maximum atomic E-state index is 2.30. The van der Waals surface area contributed by atoms with E-state index in [-0.39, 0.29) is 0 Å². The van der Waals surface area contributed by atoms with E-state index in [0.717, 1.165) is 11.2 Å². The van der Waals surface area contributed by atoms with Crippen molar-refractivity contribution in [1.82, 2.24) is 0 Å². The first-order valence-corrected chi connectivity index (χ1v) is 3.97. The third-order valence-corrected chi connectivity index (χ3v) is 3.16. The van der Waals surface area contributed by atoms with E-state index < -0.39 is 0 Å². The van der Waals surface area contributed by atoms with E-state index in [1.165, 1.54) is 12.2 Å². The van der Waals surface area contributed by atoms with Crippen LogP contribution in [0.4, 0.5) is 0 Å². The van der Waals surface area contributed by atoms with Crippen LogP contribution in [0.5, 0.6) is 0 Å². The topological polar surface area (TPSA) is 0 Å². The molecule has 7 heavy (non-hydrogen) atoms. The molecule has 1 unspecified atom stereocenters. The minimum absolute atomic E-state index is 0.916. The minimum atomic E-state index is 0.916. The van der Waals surface area contributed by atoms with Gasteiger partial charge >= 0.3 is 0 Å². The van der Waals surface area contributed by atoms with Crippen LogP contribution in [0, 0.1) is 5.92 Å². The van der Waals surface area contributed by atoms with Gasteiger partial charge in [-0.05, 0) is 18.1 Å². The van der Waals surface area contributed by atoms with Gasteiger partial charge in [-0.1, -0.05) is 13.8 Å². The normalized spacial score (nSPS) is 30.4. The third-order valence-electron chi connectivity index (χ3n) is 1.48. The Balaban J connectivity index is 2.14. The van der Waals surface area contributed by atoms with Crippen molar-refractivity contribution in [2.75, 3.05) is 5.75 Å². The monoisotopic (exact) mass is 116 g/mol. The van der Waals surface area contributed by atoms with Gasteiger partial charge < -0.3 is 0 Å². The van der Waals surface area contributed by atoms with Crippen LogP contribution in [0.15, 0.2) is 0 Å². The average Bonchev–Trinajstić information content (AvgIpc) is 1.23. The van der Waals surface area contributed by atoms with E-state index in [9.17, 15) is 0 Å². The summed E-state index contributed by atoms with van der Waals surface area (Å²) >= 11 is 2.11. The van der Waals surface area contributed by atoms with Crippen molar-refractivity contribution in [2.45, 2.75) is 25.5 Å². The van der Waals surface area contributed by atoms with Crippen molar-refractivity contribution in [1.29, 1.82) is 0 Å². The molecule has 0 spiro atoms. The van der Waals surface area contributed by atoms with Crippen molar-refractivity contribution >= 4 is 11.8 Å². The second-order valence-electron chi connectivity index (χ2n) is 2.44. The van der Waals surface area contributed by atoms with Crippen LogP contribution >= 0.6 is 11.8 Å². The summed E-state index contributed by atoms with van der Waals surface area (Å²) in [6, 6.07) is 0. The molecule has 1 fully saturated rings. The molecule has 0 N–H and O–H groups in total. The van der Waals surface area contributed by atoms with E-state index in [4.69, 9.17) is 0 Å². The molecule has 1 saturated heterocycles. The molecule has 1 atom stereocenters. The summed E-state index contributed by atoms with van der Waals surface area (Å²) in [5, 5.41) is 1.000. The van der Waals surface area contributed by atoms with Gasteiger partial charge in [0.25, 0.3) is 0 Å². The van der Waals surface area contributed by atoms with Gasteiger partial charge in [-0.2, -0.15) is 11.8 Å². The summed E-state index contributed by atoms with van der Waals surface area (Å²) in [7, 11) is 0. The summed E-state index contributed by atoms with van der Waals surface area (Å²) < 4.78 is 0. The van der Waals surface area contributed by atoms with Crippen LogP contribution in [0.2, 0.25) is 0 Å². The highest BCUT2D eigenvalue weighted by atomic mass is 32.2. The van der Waals surface area contributed by atoms with Crippen molar-refractivity contribution < 1.29 is 0 Å². The Morgan fingerprint density at radius 2 is 2.14 bits per heavy atom. The Morgan fingerprint density at radius 3 is 2.14 bits per heavy atom. The molecule has 1 aliphatic rings. The van der Waals surface area contributed by atoms with E-state index in [0.29, 0.717) is 0 Å². The molecule has 1 aliphatic heterocycles. The first-order chi connectivity index (χ1) is 3.30. The van der Waals surface area contributed by atoms with E-state index in [1.807, 2.05) is 0 Å². The Kier molecular flexibility index (Phi) is 1.63. The molecule has 42 valence electrons. The zero-order chi connectivity index (χ0) is 5.28. The van der Waals surface area contributed by atoms with Gasteiger partial charge in [0, 0.05) is 5.25 Å². The van der Waals surface area contributed by atoms with Crippen LogP contribution in [0.1, 0.15) is 20.3 Å². The van der Waals surface area contributed by atoms with Gasteiger partial charge in [0.05, 0.1) is 0 Å². The molecule has 0 nitrogen and oxygen atoms in total. The second kappa shape index (κ2) is 2.08. The Bertz CT molecular complexity index is 55.2. The lowest BCUT2D eigenvalue weighted by Gasteiger charge is -2.28. The molecule has 0 radical (unpaired) electrons. The maximum absolute atomic E-state index is 2.30. The molecule has 0 saturated carbocycles. The molecular weight excluding hydrogens is 104 g/mol. The first-order valence-electron chi connectivity index (χ1n) is 2.92. The Labute approximate surface area is 49.7 Å². The summed E-state index contributed by atoms with van der Waals surface area (Å²) in [6.07, 6.45) is 1.46. The maximum Gasteiger partial charge on any atom is 0.00779 e. The SMILES string of the molecule is CC(C)C1CCS1. The van der Waals surface area contributed by atoms with Crippen molar-refractivity contribution in [3.63, 3.8) is 0 Å². The van der Waals surface area contributed by atoms with Gasteiger partial charge in [-0.15, -0.1) is 0 Å². The lowest BCUT2D eigenvalue weighted by molar-refractivity contribution is 0.573. The summed E-state index contributed by atoms with van der Waals surface area (Å²) in [5.74, 6) is 2.32. The molecule has 0 aliphatic carbocycles. The largest absolute Gasteiger partial charge is 0.158 e. The van der Waals surface area contributed by atoms with Gasteiger partial charge in [-0.25, -0.2) is 0 Å². The zero-order valence-electron chi connectivity index (χ0n) is 4.98. The smallest absolute Gasteiger partial charge is 0.00779 e. The van der Waals surface area contributed by atoms with Crippen LogP contribution in [0.3, 0.4) is 0 Å². The van der Waals surface area contributed by atoms with E-state index in [1.54, 1.807) is 0 Å². The molecule has 0 bridgehead atoms. The lowest BCUT2D eigenvalue weighted by Crippen LogP contribution is -2.21. The third kappa shape index (κ3) is 1.12. The second-order valence-corrected chi connectivity index (χ2v) is 3.79. The highest BCUT2D eigenvalue weighted by Gasteiger charge is 2.20. The van der Waals surface area contributed by atoms with Gasteiger partial charge in [0.15, 0.2) is 0 Å². The summed E-state index contributed by atoms with van der Waals surface area (Å²) in [5.41, 5.74) is 0. The molecule has 0 aromatic heterocycles. The highest BCUT2D eigenvalue weighted by molar-refractivity contribution is 8.01. The van der Waals surface area contributed by atoms with Crippen LogP contribution < -0.4 is 0 Å². The standard InChI is InChI=1S/C6H12S/c1-5(2)6-3-4-7-6/h5-6H,3-4H2,1-2H3. The fourth-order valence-corrected chi connectivity index (χ4v) is 1.67. The first kappa shape index (κ1) is 5.49. The van der Waals surface area contributed by atoms with Crippen LogP contribution in [-0.2, 0) is 0 Å². The number of rotatable bonds is 1.